The molecular formula is C13H22N2. The van der Waals surface area contributed by atoms with Crippen molar-refractivity contribution in [3.63, 3.8) is 0 Å². The Morgan fingerprint density at radius 3 is 2.60 bits per heavy atom. The van der Waals surface area contributed by atoms with Gasteiger partial charge in [-0.1, -0.05) is 25.1 Å². The number of hydrogen-bond acceptors (Lipinski definition) is 2. The second-order valence-electron chi connectivity index (χ2n) is 4.15. The Kier molecular flexibility index (Phi) is 4.15. The monoisotopic (exact) mass is 206 g/mol. The summed E-state index contributed by atoms with van der Waals surface area (Å²) in [4.78, 5) is 2.33. The van der Waals surface area contributed by atoms with Crippen LogP contribution in [-0.4, -0.2) is 13.1 Å². The van der Waals surface area contributed by atoms with E-state index in [1.54, 1.807) is 0 Å². The molecule has 0 aliphatic heterocycles. The maximum atomic E-state index is 5.77. The van der Waals surface area contributed by atoms with Crippen LogP contribution in [0.4, 0.5) is 5.69 Å². The quantitative estimate of drug-likeness (QED) is 0.820. The molecular weight excluding hydrogens is 184 g/mol. The van der Waals surface area contributed by atoms with E-state index in [0.717, 1.165) is 6.42 Å². The first-order valence-electron chi connectivity index (χ1n) is 5.63. The minimum atomic E-state index is 0.552. The van der Waals surface area contributed by atoms with Gasteiger partial charge in [0.2, 0.25) is 0 Å². The van der Waals surface area contributed by atoms with Crippen molar-refractivity contribution in [3.05, 3.63) is 29.3 Å². The molecule has 0 aliphatic carbocycles. The van der Waals surface area contributed by atoms with Crippen LogP contribution in [0.2, 0.25) is 0 Å². The molecule has 1 aromatic rings. The van der Waals surface area contributed by atoms with Crippen LogP contribution in [0.25, 0.3) is 0 Å². The van der Waals surface area contributed by atoms with Crippen molar-refractivity contribution in [1.29, 1.82) is 0 Å². The van der Waals surface area contributed by atoms with Gasteiger partial charge in [-0.05, 0) is 31.4 Å². The molecule has 0 spiro atoms. The lowest BCUT2D eigenvalue weighted by atomic mass is 10.1. The van der Waals surface area contributed by atoms with Gasteiger partial charge in [0.25, 0.3) is 0 Å². The lowest BCUT2D eigenvalue weighted by Gasteiger charge is -2.29. The van der Waals surface area contributed by atoms with E-state index in [0.29, 0.717) is 12.6 Å². The third-order valence-corrected chi connectivity index (χ3v) is 3.15. The Morgan fingerprint density at radius 2 is 2.07 bits per heavy atom. The van der Waals surface area contributed by atoms with Gasteiger partial charge in [0.1, 0.15) is 0 Å². The molecule has 0 aliphatic rings. The Labute approximate surface area is 93.1 Å². The molecule has 2 heteroatoms. The number of aryl methyl sites for hydroxylation is 1. The van der Waals surface area contributed by atoms with Crippen LogP contribution in [-0.2, 0) is 6.54 Å². The first-order valence-corrected chi connectivity index (χ1v) is 5.63. The summed E-state index contributed by atoms with van der Waals surface area (Å²) in [6, 6.07) is 6.89. The average molecular weight is 206 g/mol. The number of anilines is 1. The second-order valence-corrected chi connectivity index (χ2v) is 4.15. The molecule has 2 N–H and O–H groups in total. The van der Waals surface area contributed by atoms with Crippen LogP contribution in [0.15, 0.2) is 18.2 Å². The Balaban J connectivity index is 3.10. The van der Waals surface area contributed by atoms with Gasteiger partial charge < -0.3 is 10.6 Å². The molecule has 0 amide bonds. The van der Waals surface area contributed by atoms with E-state index in [-0.39, 0.29) is 0 Å². The highest BCUT2D eigenvalue weighted by Gasteiger charge is 2.13. The van der Waals surface area contributed by atoms with Crippen molar-refractivity contribution in [2.24, 2.45) is 5.73 Å². The zero-order valence-corrected chi connectivity index (χ0v) is 10.2. The first kappa shape index (κ1) is 12.1. The van der Waals surface area contributed by atoms with Gasteiger partial charge in [0, 0.05) is 25.3 Å². The summed E-state index contributed by atoms with van der Waals surface area (Å²) in [5.74, 6) is 0. The number of nitrogens with zero attached hydrogens (tertiary/aromatic N) is 1. The summed E-state index contributed by atoms with van der Waals surface area (Å²) in [5.41, 5.74) is 9.61. The fourth-order valence-corrected chi connectivity index (χ4v) is 1.88. The molecule has 1 aromatic carbocycles. The summed E-state index contributed by atoms with van der Waals surface area (Å²) < 4.78 is 0. The van der Waals surface area contributed by atoms with E-state index in [2.05, 4.69) is 50.9 Å². The summed E-state index contributed by atoms with van der Waals surface area (Å²) in [5, 5.41) is 0. The summed E-state index contributed by atoms with van der Waals surface area (Å²) in [6.45, 7) is 7.21. The van der Waals surface area contributed by atoms with Crippen LogP contribution < -0.4 is 10.6 Å². The van der Waals surface area contributed by atoms with E-state index in [1.807, 2.05) is 0 Å². The molecule has 2 nitrogen and oxygen atoms in total. The van der Waals surface area contributed by atoms with Crippen molar-refractivity contribution in [2.45, 2.75) is 39.8 Å². The highest BCUT2D eigenvalue weighted by atomic mass is 15.1. The van der Waals surface area contributed by atoms with Crippen molar-refractivity contribution in [1.82, 2.24) is 0 Å². The zero-order chi connectivity index (χ0) is 11.4. The average Bonchev–Trinajstić information content (AvgIpc) is 2.26. The Bertz CT molecular complexity index is 320. The Morgan fingerprint density at radius 1 is 1.40 bits per heavy atom. The van der Waals surface area contributed by atoms with Gasteiger partial charge in [-0.3, -0.25) is 0 Å². The van der Waals surface area contributed by atoms with Crippen LogP contribution >= 0.6 is 0 Å². The molecule has 0 saturated carbocycles. The van der Waals surface area contributed by atoms with Gasteiger partial charge in [0.15, 0.2) is 0 Å². The highest BCUT2D eigenvalue weighted by Crippen LogP contribution is 2.26. The first-order chi connectivity index (χ1) is 7.11. The second kappa shape index (κ2) is 5.17. The predicted molar refractivity (Wildman–Crippen MR) is 67.2 cm³/mol. The molecule has 84 valence electrons. The molecule has 0 bridgehead atoms. The molecule has 1 rings (SSSR count). The van der Waals surface area contributed by atoms with Crippen molar-refractivity contribution in [3.8, 4) is 0 Å². The van der Waals surface area contributed by atoms with Crippen LogP contribution in [0, 0.1) is 6.92 Å². The molecule has 15 heavy (non-hydrogen) atoms. The fourth-order valence-electron chi connectivity index (χ4n) is 1.88. The van der Waals surface area contributed by atoms with Crippen molar-refractivity contribution < 1.29 is 0 Å². The smallest absolute Gasteiger partial charge is 0.0441 e. The van der Waals surface area contributed by atoms with Crippen LogP contribution in [0.1, 0.15) is 31.4 Å². The highest BCUT2D eigenvalue weighted by molar-refractivity contribution is 5.59. The van der Waals surface area contributed by atoms with E-state index < -0.39 is 0 Å². The molecule has 0 saturated heterocycles. The minimum absolute atomic E-state index is 0.552. The molecule has 1 atom stereocenters. The maximum absolute atomic E-state index is 5.77. The van der Waals surface area contributed by atoms with E-state index >= 15 is 0 Å². The molecule has 0 radical (unpaired) electrons. The number of hydrogen-bond donors (Lipinski definition) is 1. The van der Waals surface area contributed by atoms with Crippen LogP contribution in [0.5, 0.6) is 0 Å². The van der Waals surface area contributed by atoms with Gasteiger partial charge in [-0.15, -0.1) is 0 Å². The zero-order valence-electron chi connectivity index (χ0n) is 10.2. The van der Waals surface area contributed by atoms with Gasteiger partial charge in [0.05, 0.1) is 0 Å². The predicted octanol–water partition coefficient (Wildman–Crippen LogP) is 2.69. The fraction of sp³-hybridized carbons (Fsp3) is 0.538. The normalized spacial score (nSPS) is 12.6. The van der Waals surface area contributed by atoms with E-state index in [4.69, 9.17) is 5.73 Å². The van der Waals surface area contributed by atoms with Crippen molar-refractivity contribution in [2.75, 3.05) is 11.9 Å². The van der Waals surface area contributed by atoms with Gasteiger partial charge >= 0.3 is 0 Å². The number of para-hydroxylation sites is 1. The maximum Gasteiger partial charge on any atom is 0.0441 e. The third-order valence-electron chi connectivity index (χ3n) is 3.15. The van der Waals surface area contributed by atoms with Gasteiger partial charge in [-0.25, -0.2) is 0 Å². The van der Waals surface area contributed by atoms with Gasteiger partial charge in [-0.2, -0.15) is 0 Å². The summed E-state index contributed by atoms with van der Waals surface area (Å²) in [6.07, 6.45) is 1.15. The third kappa shape index (κ3) is 2.51. The molecule has 1 unspecified atom stereocenters. The molecule has 0 aromatic heterocycles. The summed E-state index contributed by atoms with van der Waals surface area (Å²) >= 11 is 0. The lowest BCUT2D eigenvalue weighted by molar-refractivity contribution is 0.659. The van der Waals surface area contributed by atoms with E-state index in [1.165, 1.54) is 16.8 Å². The summed E-state index contributed by atoms with van der Waals surface area (Å²) in [7, 11) is 2.15. The van der Waals surface area contributed by atoms with Crippen LogP contribution in [0.3, 0.4) is 0 Å². The number of nitrogens with two attached hydrogens (primary N) is 1. The minimum Gasteiger partial charge on any atom is -0.371 e. The standard InChI is InChI=1S/C13H22N2/c1-5-11(3)15(4)13-10(2)7-6-8-12(13)9-14/h6-8,11H,5,9,14H2,1-4H3. The van der Waals surface area contributed by atoms with E-state index in [9.17, 15) is 0 Å². The molecule has 0 heterocycles. The lowest BCUT2D eigenvalue weighted by Crippen LogP contribution is -2.30. The largest absolute Gasteiger partial charge is 0.371 e. The number of benzene rings is 1. The Hall–Kier alpha value is -1.02. The topological polar surface area (TPSA) is 29.3 Å². The molecule has 0 fully saturated rings. The SMILES string of the molecule is CCC(C)N(C)c1c(C)cccc1CN. The number of rotatable bonds is 4. The van der Waals surface area contributed by atoms with Crippen molar-refractivity contribution >= 4 is 5.69 Å².